The third-order valence-corrected chi connectivity index (χ3v) is 2.97. The Hall–Kier alpha value is -0.770. The molecule has 0 aromatic rings. The van der Waals surface area contributed by atoms with Crippen molar-refractivity contribution in [1.82, 2.24) is 15.5 Å². The lowest BCUT2D eigenvalue weighted by Gasteiger charge is -2.36. The summed E-state index contributed by atoms with van der Waals surface area (Å²) < 4.78 is 0. The van der Waals surface area contributed by atoms with Gasteiger partial charge in [0.1, 0.15) is 0 Å². The minimum Gasteiger partial charge on any atom is -0.338 e. The van der Waals surface area contributed by atoms with Crippen LogP contribution in [0.15, 0.2) is 0 Å². The molecule has 1 fully saturated rings. The average Bonchev–Trinajstić information content (AvgIpc) is 2.14. The molecule has 0 aromatic heterocycles. The first-order chi connectivity index (χ1) is 6.95. The van der Waals surface area contributed by atoms with Gasteiger partial charge in [-0.3, -0.25) is 0 Å². The molecule has 1 unspecified atom stereocenters. The smallest absolute Gasteiger partial charge is 0.317 e. The molecule has 0 aliphatic carbocycles. The highest BCUT2D eigenvalue weighted by atomic mass is 16.2. The molecule has 0 aromatic carbocycles. The summed E-state index contributed by atoms with van der Waals surface area (Å²) >= 11 is 0. The Bertz CT molecular complexity index is 222. The van der Waals surface area contributed by atoms with Gasteiger partial charge in [-0.1, -0.05) is 20.8 Å². The van der Waals surface area contributed by atoms with Crippen molar-refractivity contribution >= 4 is 6.03 Å². The molecule has 0 radical (unpaired) electrons. The van der Waals surface area contributed by atoms with Crippen molar-refractivity contribution in [2.75, 3.05) is 26.7 Å². The summed E-state index contributed by atoms with van der Waals surface area (Å²) in [4.78, 5) is 13.5. The lowest BCUT2D eigenvalue weighted by Crippen LogP contribution is -2.54. The van der Waals surface area contributed by atoms with Crippen LogP contribution in [0.1, 0.15) is 27.2 Å². The molecule has 4 nitrogen and oxygen atoms in total. The highest BCUT2D eigenvalue weighted by molar-refractivity contribution is 5.74. The number of nitrogens with zero attached hydrogens (tertiary/aromatic N) is 1. The Morgan fingerprint density at radius 3 is 2.67 bits per heavy atom. The summed E-state index contributed by atoms with van der Waals surface area (Å²) in [6.45, 7) is 9.04. The van der Waals surface area contributed by atoms with Gasteiger partial charge in [0.15, 0.2) is 0 Å². The van der Waals surface area contributed by atoms with Crippen LogP contribution in [0.2, 0.25) is 0 Å². The fourth-order valence-corrected chi connectivity index (χ4v) is 1.87. The predicted molar refractivity (Wildman–Crippen MR) is 61.9 cm³/mol. The molecule has 0 spiro atoms. The van der Waals surface area contributed by atoms with Gasteiger partial charge in [0.25, 0.3) is 0 Å². The number of carbonyl (C=O) groups is 1. The summed E-state index contributed by atoms with van der Waals surface area (Å²) in [5.74, 6) is 0. The van der Waals surface area contributed by atoms with E-state index >= 15 is 0 Å². The maximum Gasteiger partial charge on any atom is 0.317 e. The summed E-state index contributed by atoms with van der Waals surface area (Å²) in [7, 11) is 1.96. The first-order valence-electron chi connectivity index (χ1n) is 5.65. The van der Waals surface area contributed by atoms with Crippen molar-refractivity contribution in [2.45, 2.75) is 33.2 Å². The third-order valence-electron chi connectivity index (χ3n) is 2.97. The monoisotopic (exact) mass is 213 g/mol. The normalized spacial score (nSPS) is 20.0. The van der Waals surface area contributed by atoms with Crippen LogP contribution in [0.3, 0.4) is 0 Å². The third kappa shape index (κ3) is 3.38. The molecule has 0 bridgehead atoms. The molecule has 1 saturated heterocycles. The van der Waals surface area contributed by atoms with Crippen LogP contribution in [0.5, 0.6) is 0 Å². The van der Waals surface area contributed by atoms with Crippen molar-refractivity contribution in [2.24, 2.45) is 5.41 Å². The number of likely N-dealkylation sites (N-methyl/N-ethyl adjacent to an activating group) is 1. The molecular formula is C11H23N3O. The van der Waals surface area contributed by atoms with Gasteiger partial charge in [-0.15, -0.1) is 0 Å². The maximum absolute atomic E-state index is 11.6. The van der Waals surface area contributed by atoms with E-state index in [-0.39, 0.29) is 11.4 Å². The Kier molecular flexibility index (Phi) is 3.97. The Balaban J connectivity index is 2.54. The number of hydrogen-bond donors (Lipinski definition) is 2. The summed E-state index contributed by atoms with van der Waals surface area (Å²) in [6, 6.07) is 0.409. The number of carbonyl (C=O) groups excluding carboxylic acids is 1. The van der Waals surface area contributed by atoms with Crippen LogP contribution >= 0.6 is 0 Å². The van der Waals surface area contributed by atoms with Crippen LogP contribution in [-0.4, -0.2) is 43.7 Å². The van der Waals surface area contributed by atoms with Crippen LogP contribution in [0, 0.1) is 5.41 Å². The largest absolute Gasteiger partial charge is 0.338 e. The minimum absolute atomic E-state index is 0.0748. The minimum atomic E-state index is 0.0748. The molecule has 2 N–H and O–H groups in total. The van der Waals surface area contributed by atoms with Gasteiger partial charge in [-0.05, 0) is 18.9 Å². The molecular weight excluding hydrogens is 190 g/mol. The molecule has 1 aliphatic rings. The van der Waals surface area contributed by atoms with Crippen LogP contribution in [-0.2, 0) is 0 Å². The van der Waals surface area contributed by atoms with Crippen molar-refractivity contribution in [3.05, 3.63) is 0 Å². The summed E-state index contributed by atoms with van der Waals surface area (Å²) in [5, 5.41) is 6.16. The number of nitrogens with one attached hydrogen (secondary N) is 2. The molecule has 15 heavy (non-hydrogen) atoms. The number of urea groups is 1. The number of hydrogen-bond acceptors (Lipinski definition) is 2. The highest BCUT2D eigenvalue weighted by Gasteiger charge is 2.28. The standard InChI is InChI=1S/C11H23N3O/c1-11(2,3)9(12-4)8-14-7-5-6-13-10(14)15/h9,12H,5-8H2,1-4H3,(H,13,15). The van der Waals surface area contributed by atoms with E-state index in [0.717, 1.165) is 26.1 Å². The van der Waals surface area contributed by atoms with E-state index in [4.69, 9.17) is 0 Å². The molecule has 1 aliphatic heterocycles. The van der Waals surface area contributed by atoms with Crippen LogP contribution in [0.25, 0.3) is 0 Å². The van der Waals surface area contributed by atoms with Gasteiger partial charge >= 0.3 is 6.03 Å². The van der Waals surface area contributed by atoms with E-state index in [1.54, 1.807) is 0 Å². The summed E-state index contributed by atoms with van der Waals surface area (Å²) in [6.07, 6.45) is 1.05. The maximum atomic E-state index is 11.6. The van der Waals surface area contributed by atoms with Gasteiger partial charge in [-0.25, -0.2) is 4.79 Å². The van der Waals surface area contributed by atoms with E-state index in [0.29, 0.717) is 6.04 Å². The Morgan fingerprint density at radius 1 is 1.53 bits per heavy atom. The highest BCUT2D eigenvalue weighted by Crippen LogP contribution is 2.20. The zero-order valence-electron chi connectivity index (χ0n) is 10.3. The SMILES string of the molecule is CNC(CN1CCCNC1=O)C(C)(C)C. The first-order valence-corrected chi connectivity index (χ1v) is 5.65. The fourth-order valence-electron chi connectivity index (χ4n) is 1.87. The van der Waals surface area contributed by atoms with E-state index in [2.05, 4.69) is 31.4 Å². The van der Waals surface area contributed by atoms with E-state index in [1.165, 1.54) is 0 Å². The molecule has 4 heteroatoms. The van der Waals surface area contributed by atoms with Crippen molar-refractivity contribution in [3.8, 4) is 0 Å². The van der Waals surface area contributed by atoms with E-state index in [9.17, 15) is 4.79 Å². The number of amides is 2. The predicted octanol–water partition coefficient (Wildman–Crippen LogP) is 1.04. The van der Waals surface area contributed by atoms with Gasteiger partial charge in [0.05, 0.1) is 0 Å². The van der Waals surface area contributed by atoms with Crippen LogP contribution in [0.4, 0.5) is 4.79 Å². The van der Waals surface area contributed by atoms with Gasteiger partial charge in [0.2, 0.25) is 0 Å². The van der Waals surface area contributed by atoms with Gasteiger partial charge < -0.3 is 15.5 Å². The molecule has 0 saturated carbocycles. The lowest BCUT2D eigenvalue weighted by atomic mass is 9.86. The second-order valence-corrected chi connectivity index (χ2v) is 5.24. The topological polar surface area (TPSA) is 44.4 Å². The second kappa shape index (κ2) is 4.84. The first kappa shape index (κ1) is 12.3. The quantitative estimate of drug-likeness (QED) is 0.735. The molecule has 1 atom stereocenters. The van der Waals surface area contributed by atoms with E-state index < -0.39 is 0 Å². The zero-order chi connectivity index (χ0) is 11.5. The van der Waals surface area contributed by atoms with Crippen molar-refractivity contribution in [1.29, 1.82) is 0 Å². The van der Waals surface area contributed by atoms with Crippen molar-refractivity contribution < 1.29 is 4.79 Å². The molecule has 1 rings (SSSR count). The second-order valence-electron chi connectivity index (χ2n) is 5.24. The summed E-state index contributed by atoms with van der Waals surface area (Å²) in [5.41, 5.74) is 0.173. The lowest BCUT2D eigenvalue weighted by molar-refractivity contribution is 0.158. The van der Waals surface area contributed by atoms with Crippen LogP contribution < -0.4 is 10.6 Å². The molecule has 1 heterocycles. The van der Waals surface area contributed by atoms with Gasteiger partial charge in [-0.2, -0.15) is 0 Å². The fraction of sp³-hybridized carbons (Fsp3) is 0.909. The van der Waals surface area contributed by atoms with E-state index in [1.807, 2.05) is 11.9 Å². The van der Waals surface area contributed by atoms with Gasteiger partial charge in [0, 0.05) is 25.7 Å². The average molecular weight is 213 g/mol. The Labute approximate surface area is 92.4 Å². The van der Waals surface area contributed by atoms with Crippen molar-refractivity contribution in [3.63, 3.8) is 0 Å². The molecule has 88 valence electrons. The molecule has 2 amide bonds. The Morgan fingerprint density at radius 2 is 2.20 bits per heavy atom. The number of rotatable bonds is 3. The zero-order valence-corrected chi connectivity index (χ0v) is 10.3.